The molecule has 0 radical (unpaired) electrons. The predicted molar refractivity (Wildman–Crippen MR) is 81.1 cm³/mol. The van der Waals surface area contributed by atoms with Crippen LogP contribution in [0.2, 0.25) is 0 Å². The Kier molecular flexibility index (Phi) is 4.45. The number of hydrogen-bond acceptors (Lipinski definition) is 3. The standard InChI is InChI=1S/C17H28N2O/c1-2-18-10-11-19(13-18)12-17(20)16-9-5-8-15(16)14-6-3-4-7-14/h2,14-16H,1,3-13H2/t15?,16-/m1/s1. The first kappa shape index (κ1) is 14.1. The quantitative estimate of drug-likeness (QED) is 0.771. The molecule has 0 aromatic carbocycles. The molecule has 0 aromatic heterocycles. The van der Waals surface area contributed by atoms with Crippen LogP contribution in [-0.4, -0.2) is 41.9 Å². The van der Waals surface area contributed by atoms with Crippen molar-refractivity contribution in [1.29, 1.82) is 0 Å². The van der Waals surface area contributed by atoms with Gasteiger partial charge in [0, 0.05) is 19.0 Å². The van der Waals surface area contributed by atoms with Crippen molar-refractivity contribution in [3.63, 3.8) is 0 Å². The van der Waals surface area contributed by atoms with Gasteiger partial charge in [0.2, 0.25) is 0 Å². The molecule has 112 valence electrons. The van der Waals surface area contributed by atoms with Crippen LogP contribution in [0.1, 0.15) is 44.9 Å². The molecular weight excluding hydrogens is 248 g/mol. The van der Waals surface area contributed by atoms with Gasteiger partial charge in [0.25, 0.3) is 0 Å². The summed E-state index contributed by atoms with van der Waals surface area (Å²) in [5.41, 5.74) is 0. The second-order valence-corrected chi connectivity index (χ2v) is 6.90. The van der Waals surface area contributed by atoms with Crippen molar-refractivity contribution in [2.45, 2.75) is 44.9 Å². The number of Topliss-reactive ketones (excluding diaryl/α,β-unsaturated/α-hetero) is 1. The Hall–Kier alpha value is -0.830. The van der Waals surface area contributed by atoms with Crippen molar-refractivity contribution in [3.05, 3.63) is 12.8 Å². The number of nitrogens with zero attached hydrogens (tertiary/aromatic N) is 2. The van der Waals surface area contributed by atoms with E-state index in [0.717, 1.165) is 32.1 Å². The van der Waals surface area contributed by atoms with Crippen LogP contribution in [0, 0.1) is 17.8 Å². The summed E-state index contributed by atoms with van der Waals surface area (Å²) in [4.78, 5) is 17.2. The molecule has 3 heteroatoms. The van der Waals surface area contributed by atoms with E-state index < -0.39 is 0 Å². The Labute approximate surface area is 123 Å². The highest BCUT2D eigenvalue weighted by atomic mass is 16.1. The first-order chi connectivity index (χ1) is 9.78. The van der Waals surface area contributed by atoms with Crippen LogP contribution >= 0.6 is 0 Å². The number of hydrogen-bond donors (Lipinski definition) is 0. The first-order valence-electron chi connectivity index (χ1n) is 8.39. The monoisotopic (exact) mass is 276 g/mol. The Morgan fingerprint density at radius 1 is 1.10 bits per heavy atom. The SMILES string of the molecule is C=CN1CCN(CC(=O)[C@@H]2CCCC2C2CCCC2)C1. The highest BCUT2D eigenvalue weighted by molar-refractivity contribution is 5.83. The minimum atomic E-state index is 0.371. The zero-order valence-electron chi connectivity index (χ0n) is 12.6. The van der Waals surface area contributed by atoms with Gasteiger partial charge < -0.3 is 4.90 Å². The van der Waals surface area contributed by atoms with Crippen LogP contribution in [0.5, 0.6) is 0 Å². The smallest absolute Gasteiger partial charge is 0.150 e. The number of ketones is 1. The molecule has 3 rings (SSSR count). The summed E-state index contributed by atoms with van der Waals surface area (Å²) in [5.74, 6) is 2.46. The molecule has 0 bridgehead atoms. The fourth-order valence-corrected chi connectivity index (χ4v) is 4.62. The van der Waals surface area contributed by atoms with Gasteiger partial charge in [0.05, 0.1) is 13.2 Å². The number of carbonyl (C=O) groups excluding carboxylic acids is 1. The maximum atomic E-state index is 12.7. The molecule has 1 heterocycles. The van der Waals surface area contributed by atoms with Gasteiger partial charge >= 0.3 is 0 Å². The molecule has 0 N–H and O–H groups in total. The van der Waals surface area contributed by atoms with Crippen LogP contribution in [0.15, 0.2) is 12.8 Å². The largest absolute Gasteiger partial charge is 0.364 e. The van der Waals surface area contributed by atoms with Crippen molar-refractivity contribution in [3.8, 4) is 0 Å². The van der Waals surface area contributed by atoms with Crippen LogP contribution in [0.3, 0.4) is 0 Å². The summed E-state index contributed by atoms with van der Waals surface area (Å²) in [7, 11) is 0. The molecule has 1 unspecified atom stereocenters. The van der Waals surface area contributed by atoms with E-state index in [0.29, 0.717) is 24.2 Å². The van der Waals surface area contributed by atoms with Gasteiger partial charge in [0.15, 0.2) is 0 Å². The maximum Gasteiger partial charge on any atom is 0.150 e. The van der Waals surface area contributed by atoms with Crippen LogP contribution in [0.25, 0.3) is 0 Å². The van der Waals surface area contributed by atoms with E-state index in [1.165, 1.54) is 38.5 Å². The lowest BCUT2D eigenvalue weighted by Gasteiger charge is -2.26. The Morgan fingerprint density at radius 2 is 1.90 bits per heavy atom. The van der Waals surface area contributed by atoms with Gasteiger partial charge in [-0.3, -0.25) is 9.69 Å². The number of rotatable bonds is 5. The summed E-state index contributed by atoms with van der Waals surface area (Å²) in [6.45, 7) is 7.40. The summed E-state index contributed by atoms with van der Waals surface area (Å²) in [6, 6.07) is 0. The fourth-order valence-electron chi connectivity index (χ4n) is 4.62. The van der Waals surface area contributed by atoms with E-state index in [4.69, 9.17) is 0 Å². The highest BCUT2D eigenvalue weighted by Gasteiger charge is 2.39. The lowest BCUT2D eigenvalue weighted by atomic mass is 9.80. The Bertz CT molecular complexity index is 362. The highest BCUT2D eigenvalue weighted by Crippen LogP contribution is 2.44. The van der Waals surface area contributed by atoms with Gasteiger partial charge in [-0.1, -0.05) is 38.7 Å². The minimum Gasteiger partial charge on any atom is -0.364 e. The second-order valence-electron chi connectivity index (χ2n) is 6.90. The van der Waals surface area contributed by atoms with Crippen molar-refractivity contribution in [2.24, 2.45) is 17.8 Å². The summed E-state index contributed by atoms with van der Waals surface area (Å²) in [6.07, 6.45) is 11.2. The van der Waals surface area contributed by atoms with E-state index in [1.54, 1.807) is 0 Å². The summed E-state index contributed by atoms with van der Waals surface area (Å²) < 4.78 is 0. The molecule has 20 heavy (non-hydrogen) atoms. The third-order valence-electron chi connectivity index (χ3n) is 5.71. The number of carbonyl (C=O) groups is 1. The molecule has 0 spiro atoms. The van der Waals surface area contributed by atoms with E-state index >= 15 is 0 Å². The third kappa shape index (κ3) is 2.93. The lowest BCUT2D eigenvalue weighted by molar-refractivity contribution is -0.125. The molecule has 1 saturated heterocycles. The van der Waals surface area contributed by atoms with E-state index in [2.05, 4.69) is 16.4 Å². The molecule has 2 saturated carbocycles. The predicted octanol–water partition coefficient (Wildman–Crippen LogP) is 2.88. The molecule has 3 nitrogen and oxygen atoms in total. The second kappa shape index (κ2) is 6.30. The molecule has 2 aliphatic carbocycles. The van der Waals surface area contributed by atoms with Gasteiger partial charge in [-0.2, -0.15) is 0 Å². The van der Waals surface area contributed by atoms with E-state index in [1.807, 2.05) is 6.20 Å². The normalized spacial score (nSPS) is 32.1. The molecule has 1 aliphatic heterocycles. The van der Waals surface area contributed by atoms with Crippen molar-refractivity contribution < 1.29 is 4.79 Å². The fraction of sp³-hybridized carbons (Fsp3) is 0.824. The summed E-state index contributed by atoms with van der Waals surface area (Å²) >= 11 is 0. The van der Waals surface area contributed by atoms with Gasteiger partial charge in [0.1, 0.15) is 5.78 Å². The third-order valence-corrected chi connectivity index (χ3v) is 5.71. The molecule has 0 aromatic rings. The van der Waals surface area contributed by atoms with Gasteiger partial charge in [-0.15, -0.1) is 0 Å². The Balaban J connectivity index is 1.54. The Morgan fingerprint density at radius 3 is 2.60 bits per heavy atom. The molecular formula is C17H28N2O. The zero-order valence-corrected chi connectivity index (χ0v) is 12.6. The maximum absolute atomic E-state index is 12.7. The van der Waals surface area contributed by atoms with E-state index in [-0.39, 0.29) is 0 Å². The molecule has 3 aliphatic rings. The van der Waals surface area contributed by atoms with Crippen LogP contribution < -0.4 is 0 Å². The average Bonchev–Trinajstić information content (AvgIpc) is 3.19. The van der Waals surface area contributed by atoms with Crippen LogP contribution in [-0.2, 0) is 4.79 Å². The van der Waals surface area contributed by atoms with Gasteiger partial charge in [-0.25, -0.2) is 0 Å². The van der Waals surface area contributed by atoms with Gasteiger partial charge in [-0.05, 0) is 30.9 Å². The zero-order chi connectivity index (χ0) is 13.9. The first-order valence-corrected chi connectivity index (χ1v) is 8.39. The molecule has 2 atom stereocenters. The average molecular weight is 276 g/mol. The minimum absolute atomic E-state index is 0.371. The molecule has 3 fully saturated rings. The summed E-state index contributed by atoms with van der Waals surface area (Å²) in [5, 5.41) is 0. The lowest BCUT2D eigenvalue weighted by Crippen LogP contribution is -2.35. The van der Waals surface area contributed by atoms with Crippen molar-refractivity contribution in [2.75, 3.05) is 26.3 Å². The van der Waals surface area contributed by atoms with E-state index in [9.17, 15) is 4.79 Å². The van der Waals surface area contributed by atoms with Crippen molar-refractivity contribution in [1.82, 2.24) is 9.80 Å². The van der Waals surface area contributed by atoms with Crippen LogP contribution in [0.4, 0.5) is 0 Å². The van der Waals surface area contributed by atoms with Crippen molar-refractivity contribution >= 4 is 5.78 Å². The molecule has 0 amide bonds. The topological polar surface area (TPSA) is 23.6 Å².